The quantitative estimate of drug-likeness (QED) is 0.743. The molecule has 0 amide bonds. The zero-order valence-corrected chi connectivity index (χ0v) is 13.5. The number of benzene rings is 1. The van der Waals surface area contributed by atoms with Gasteiger partial charge in [0.25, 0.3) is 0 Å². The Morgan fingerprint density at radius 2 is 2.05 bits per heavy atom. The molecule has 0 radical (unpaired) electrons. The Labute approximate surface area is 127 Å². The molecule has 0 fully saturated rings. The van der Waals surface area contributed by atoms with Gasteiger partial charge in [-0.15, -0.1) is 0 Å². The summed E-state index contributed by atoms with van der Waals surface area (Å²) in [5.41, 5.74) is 3.34. The van der Waals surface area contributed by atoms with E-state index in [4.69, 9.17) is 9.84 Å². The topological polar surface area (TPSA) is 46.5 Å². The van der Waals surface area contributed by atoms with E-state index in [0.29, 0.717) is 12.5 Å². The van der Waals surface area contributed by atoms with Crippen LogP contribution in [0.5, 0.6) is 5.75 Å². The van der Waals surface area contributed by atoms with Crippen LogP contribution in [0.25, 0.3) is 5.57 Å². The van der Waals surface area contributed by atoms with E-state index >= 15 is 0 Å². The van der Waals surface area contributed by atoms with Gasteiger partial charge in [0.15, 0.2) is 0 Å². The fraction of sp³-hybridized carbons (Fsp3) is 0.500. The van der Waals surface area contributed by atoms with Crippen molar-refractivity contribution < 1.29 is 14.6 Å². The highest BCUT2D eigenvalue weighted by Crippen LogP contribution is 2.31. The predicted octanol–water partition coefficient (Wildman–Crippen LogP) is 4.87. The van der Waals surface area contributed by atoms with Crippen LogP contribution in [0.1, 0.15) is 64.0 Å². The third-order valence-corrected chi connectivity index (χ3v) is 3.37. The van der Waals surface area contributed by atoms with Gasteiger partial charge in [-0.25, -0.2) is 0 Å². The summed E-state index contributed by atoms with van der Waals surface area (Å²) < 4.78 is 5.80. The van der Waals surface area contributed by atoms with Crippen LogP contribution in [0.2, 0.25) is 0 Å². The maximum Gasteiger partial charge on any atom is 0.307 e. The standard InChI is InChI=1S/C18H26O3/c1-5-11-21-17-9-7-15(12-16(17)13(3)4)14(6-2)8-10-18(19)20/h7-9,12-13H,5-6,10-11H2,1-4H3,(H,19,20)/b14-8+. The van der Waals surface area contributed by atoms with Crippen LogP contribution in [0.3, 0.4) is 0 Å². The van der Waals surface area contributed by atoms with Crippen LogP contribution in [0.15, 0.2) is 24.3 Å². The summed E-state index contributed by atoms with van der Waals surface area (Å²) in [4.78, 5) is 10.7. The van der Waals surface area contributed by atoms with E-state index in [-0.39, 0.29) is 6.42 Å². The minimum Gasteiger partial charge on any atom is -0.493 e. The number of aliphatic carboxylic acids is 1. The number of allylic oxidation sites excluding steroid dienone is 1. The highest BCUT2D eigenvalue weighted by Gasteiger charge is 2.11. The van der Waals surface area contributed by atoms with Crippen molar-refractivity contribution in [2.24, 2.45) is 0 Å². The van der Waals surface area contributed by atoms with E-state index < -0.39 is 5.97 Å². The third kappa shape index (κ3) is 5.25. The fourth-order valence-corrected chi connectivity index (χ4v) is 2.22. The van der Waals surface area contributed by atoms with Crippen molar-refractivity contribution in [1.29, 1.82) is 0 Å². The van der Waals surface area contributed by atoms with E-state index in [1.807, 2.05) is 19.1 Å². The third-order valence-electron chi connectivity index (χ3n) is 3.37. The Balaban J connectivity index is 3.11. The molecule has 0 spiro atoms. The summed E-state index contributed by atoms with van der Waals surface area (Å²) in [6.07, 6.45) is 3.67. The molecule has 0 heterocycles. The molecule has 21 heavy (non-hydrogen) atoms. The van der Waals surface area contributed by atoms with Crippen LogP contribution in [0, 0.1) is 0 Å². The van der Waals surface area contributed by atoms with Gasteiger partial charge in [0.2, 0.25) is 0 Å². The summed E-state index contributed by atoms with van der Waals surface area (Å²) in [6, 6.07) is 6.16. The molecule has 3 nitrogen and oxygen atoms in total. The highest BCUT2D eigenvalue weighted by atomic mass is 16.5. The Kier molecular flexibility index (Phi) is 7.00. The summed E-state index contributed by atoms with van der Waals surface area (Å²) in [7, 11) is 0. The monoisotopic (exact) mass is 290 g/mol. The molecule has 1 aromatic carbocycles. The van der Waals surface area contributed by atoms with Crippen LogP contribution >= 0.6 is 0 Å². The first-order valence-corrected chi connectivity index (χ1v) is 7.67. The maximum absolute atomic E-state index is 10.7. The smallest absolute Gasteiger partial charge is 0.307 e. The molecule has 0 saturated carbocycles. The van der Waals surface area contributed by atoms with Gasteiger partial charge in [0.1, 0.15) is 5.75 Å². The molecule has 0 unspecified atom stereocenters. The van der Waals surface area contributed by atoms with Crippen molar-refractivity contribution in [3.8, 4) is 5.75 Å². The van der Waals surface area contributed by atoms with E-state index in [0.717, 1.165) is 29.7 Å². The van der Waals surface area contributed by atoms with E-state index in [2.05, 4.69) is 26.8 Å². The lowest BCUT2D eigenvalue weighted by Crippen LogP contribution is -2.01. The Hall–Kier alpha value is -1.77. The van der Waals surface area contributed by atoms with Gasteiger partial charge in [0.05, 0.1) is 13.0 Å². The number of hydrogen-bond donors (Lipinski definition) is 1. The number of rotatable bonds is 8. The first-order chi connectivity index (χ1) is 9.99. The van der Waals surface area contributed by atoms with Gasteiger partial charge in [0, 0.05) is 0 Å². The Morgan fingerprint density at radius 1 is 1.33 bits per heavy atom. The summed E-state index contributed by atoms with van der Waals surface area (Å²) in [5, 5.41) is 8.82. The molecule has 1 N–H and O–H groups in total. The first kappa shape index (κ1) is 17.3. The van der Waals surface area contributed by atoms with Gasteiger partial charge in [-0.1, -0.05) is 39.8 Å². The van der Waals surface area contributed by atoms with Crippen LogP contribution < -0.4 is 4.74 Å². The second-order valence-corrected chi connectivity index (χ2v) is 5.44. The first-order valence-electron chi connectivity index (χ1n) is 7.67. The van der Waals surface area contributed by atoms with Gasteiger partial charge < -0.3 is 9.84 Å². The van der Waals surface area contributed by atoms with E-state index in [1.165, 1.54) is 5.56 Å². The van der Waals surface area contributed by atoms with Crippen molar-refractivity contribution in [3.05, 3.63) is 35.4 Å². The molecule has 0 aliphatic carbocycles. The molecular formula is C18H26O3. The molecule has 0 bridgehead atoms. The summed E-state index contributed by atoms with van der Waals surface area (Å²) in [6.45, 7) is 9.14. The summed E-state index contributed by atoms with van der Waals surface area (Å²) >= 11 is 0. The van der Waals surface area contributed by atoms with Crippen molar-refractivity contribution in [3.63, 3.8) is 0 Å². The van der Waals surface area contributed by atoms with Crippen molar-refractivity contribution in [1.82, 2.24) is 0 Å². The number of hydrogen-bond acceptors (Lipinski definition) is 2. The minimum absolute atomic E-state index is 0.0638. The number of carboxylic acids is 1. The van der Waals surface area contributed by atoms with Crippen LogP contribution in [-0.2, 0) is 4.79 Å². The van der Waals surface area contributed by atoms with Gasteiger partial charge in [-0.2, -0.15) is 0 Å². The van der Waals surface area contributed by atoms with Gasteiger partial charge in [-0.05, 0) is 47.6 Å². The average Bonchev–Trinajstić information content (AvgIpc) is 2.45. The SMILES string of the molecule is CCCOc1ccc(/C(=C/CC(=O)O)CC)cc1C(C)C. The zero-order chi connectivity index (χ0) is 15.8. The molecule has 0 atom stereocenters. The van der Waals surface area contributed by atoms with Crippen molar-refractivity contribution >= 4 is 11.5 Å². The van der Waals surface area contributed by atoms with Crippen LogP contribution in [-0.4, -0.2) is 17.7 Å². The number of ether oxygens (including phenoxy) is 1. The lowest BCUT2D eigenvalue weighted by molar-refractivity contribution is -0.135. The normalized spacial score (nSPS) is 11.8. The van der Waals surface area contributed by atoms with Gasteiger partial charge >= 0.3 is 5.97 Å². The van der Waals surface area contributed by atoms with Crippen LogP contribution in [0.4, 0.5) is 0 Å². The van der Waals surface area contributed by atoms with Gasteiger partial charge in [-0.3, -0.25) is 4.79 Å². The maximum atomic E-state index is 10.7. The molecule has 0 aliphatic heterocycles. The lowest BCUT2D eigenvalue weighted by Gasteiger charge is -2.16. The Bertz CT molecular complexity index is 501. The van der Waals surface area contributed by atoms with Crippen molar-refractivity contribution in [2.75, 3.05) is 6.61 Å². The molecular weight excluding hydrogens is 264 g/mol. The second kappa shape index (κ2) is 8.50. The number of carboxylic acid groups (broad SMARTS) is 1. The summed E-state index contributed by atoms with van der Waals surface area (Å²) in [5.74, 6) is 0.506. The molecule has 116 valence electrons. The van der Waals surface area contributed by atoms with Crippen molar-refractivity contribution in [2.45, 2.75) is 52.9 Å². The Morgan fingerprint density at radius 3 is 2.57 bits per heavy atom. The predicted molar refractivity (Wildman–Crippen MR) is 86.8 cm³/mol. The molecule has 0 aromatic heterocycles. The molecule has 0 saturated heterocycles. The molecule has 1 aromatic rings. The lowest BCUT2D eigenvalue weighted by atomic mass is 9.95. The largest absolute Gasteiger partial charge is 0.493 e. The molecule has 0 aliphatic rings. The molecule has 1 rings (SSSR count). The van der Waals surface area contributed by atoms with E-state index in [9.17, 15) is 4.79 Å². The minimum atomic E-state index is -0.798. The van der Waals surface area contributed by atoms with E-state index in [1.54, 1.807) is 6.08 Å². The average molecular weight is 290 g/mol. The zero-order valence-electron chi connectivity index (χ0n) is 13.5. The fourth-order valence-electron chi connectivity index (χ4n) is 2.22. The number of carbonyl (C=O) groups is 1. The second-order valence-electron chi connectivity index (χ2n) is 5.44. The molecule has 3 heteroatoms. The highest BCUT2D eigenvalue weighted by molar-refractivity contribution is 5.74.